The molecule has 0 atom stereocenters. The molecule has 0 aliphatic carbocycles. The summed E-state index contributed by atoms with van der Waals surface area (Å²) in [6.45, 7) is 0.307. The van der Waals surface area contributed by atoms with Crippen LogP contribution in [0.15, 0.2) is 48.2 Å². The van der Waals surface area contributed by atoms with Crippen molar-refractivity contribution >= 4 is 6.08 Å². The number of nitriles is 1. The Bertz CT molecular complexity index is 888. The van der Waals surface area contributed by atoms with Crippen LogP contribution >= 0.6 is 0 Å². The number of hydrogen-bond donors (Lipinski definition) is 4. The molecule has 0 amide bonds. The molecule has 0 aromatic heterocycles. The zero-order chi connectivity index (χ0) is 19.8. The van der Waals surface area contributed by atoms with Crippen LogP contribution in [0.4, 0.5) is 0 Å². The molecule has 0 unspecified atom stereocenters. The predicted octanol–water partition coefficient (Wildman–Crippen LogP) is 3.03. The second-order valence-corrected chi connectivity index (χ2v) is 5.50. The molecule has 7 heteroatoms. The summed E-state index contributed by atoms with van der Waals surface area (Å²) in [6.07, 6.45) is 4.99. The van der Waals surface area contributed by atoms with Gasteiger partial charge in [-0.05, 0) is 41.5 Å². The Labute approximate surface area is 157 Å². The summed E-state index contributed by atoms with van der Waals surface area (Å²) in [6, 6.07) is 9.76. The number of benzene rings is 2. The van der Waals surface area contributed by atoms with Crippen LogP contribution in [0.1, 0.15) is 11.1 Å². The van der Waals surface area contributed by atoms with Crippen molar-refractivity contribution in [2.75, 3.05) is 14.2 Å². The Balaban J connectivity index is 2.10. The molecule has 0 spiro atoms. The van der Waals surface area contributed by atoms with E-state index >= 15 is 0 Å². The van der Waals surface area contributed by atoms with Gasteiger partial charge in [-0.25, -0.2) is 0 Å². The molecule has 27 heavy (non-hydrogen) atoms. The van der Waals surface area contributed by atoms with Crippen molar-refractivity contribution in [2.24, 2.45) is 0 Å². The molecule has 0 saturated carbocycles. The van der Waals surface area contributed by atoms with Crippen molar-refractivity contribution in [3.63, 3.8) is 0 Å². The van der Waals surface area contributed by atoms with Crippen molar-refractivity contribution in [3.8, 4) is 34.8 Å². The number of allylic oxidation sites excluding steroid dienone is 3. The molecule has 0 aliphatic rings. The molecular formula is C20H20N2O5. The zero-order valence-corrected chi connectivity index (χ0v) is 14.9. The fraction of sp³-hybridized carbons (Fsp3) is 0.150. The van der Waals surface area contributed by atoms with E-state index < -0.39 is 0 Å². The number of methoxy groups -OCH3 is 2. The number of hydrogen-bond acceptors (Lipinski definition) is 7. The lowest BCUT2D eigenvalue weighted by Crippen LogP contribution is -2.11. The highest BCUT2D eigenvalue weighted by atomic mass is 16.5. The first kappa shape index (κ1) is 19.5. The Hall–Kier alpha value is -3.79. The lowest BCUT2D eigenvalue weighted by atomic mass is 10.1. The molecular weight excluding hydrogens is 348 g/mol. The second kappa shape index (κ2) is 9.06. The van der Waals surface area contributed by atoms with Crippen molar-refractivity contribution in [1.82, 2.24) is 5.32 Å². The van der Waals surface area contributed by atoms with E-state index in [0.717, 1.165) is 5.56 Å². The van der Waals surface area contributed by atoms with Crippen LogP contribution in [0.5, 0.6) is 28.7 Å². The van der Waals surface area contributed by atoms with E-state index in [1.54, 1.807) is 36.4 Å². The van der Waals surface area contributed by atoms with Gasteiger partial charge in [-0.3, -0.25) is 0 Å². The molecule has 2 aromatic carbocycles. The van der Waals surface area contributed by atoms with E-state index in [1.165, 1.54) is 26.4 Å². The van der Waals surface area contributed by atoms with E-state index in [0.29, 0.717) is 17.8 Å². The molecule has 7 nitrogen and oxygen atoms in total. The van der Waals surface area contributed by atoms with Crippen molar-refractivity contribution in [1.29, 1.82) is 5.26 Å². The number of nitrogens with one attached hydrogen (secondary N) is 1. The molecule has 2 aromatic rings. The van der Waals surface area contributed by atoms with Crippen molar-refractivity contribution < 1.29 is 24.8 Å². The van der Waals surface area contributed by atoms with Crippen LogP contribution in [0.25, 0.3) is 6.08 Å². The van der Waals surface area contributed by atoms with E-state index in [1.807, 2.05) is 6.07 Å². The smallest absolute Gasteiger partial charge is 0.200 e. The van der Waals surface area contributed by atoms with Gasteiger partial charge >= 0.3 is 0 Å². The van der Waals surface area contributed by atoms with Gasteiger partial charge < -0.3 is 30.1 Å². The number of phenolic OH excluding ortho intramolecular Hbond substituents is 3. The lowest BCUT2D eigenvalue weighted by Gasteiger charge is -2.09. The van der Waals surface area contributed by atoms with Gasteiger partial charge in [0.25, 0.3) is 0 Å². The maximum absolute atomic E-state index is 9.91. The molecule has 0 heterocycles. The SMILES string of the molecule is COc1cc(/C=C/C=C(\C#N)NCc2ccc(O)c(O)c2)cc(OC)c1O. The third-order valence-corrected chi connectivity index (χ3v) is 3.70. The van der Waals surface area contributed by atoms with E-state index in [4.69, 9.17) is 9.47 Å². The summed E-state index contributed by atoms with van der Waals surface area (Å²) in [7, 11) is 2.89. The summed E-state index contributed by atoms with van der Waals surface area (Å²) >= 11 is 0. The quantitative estimate of drug-likeness (QED) is 0.337. The molecule has 0 radical (unpaired) electrons. The Morgan fingerprint density at radius 1 is 1.07 bits per heavy atom. The first-order chi connectivity index (χ1) is 13.0. The minimum Gasteiger partial charge on any atom is -0.504 e. The molecule has 0 aliphatic heterocycles. The average molecular weight is 368 g/mol. The maximum atomic E-state index is 9.91. The summed E-state index contributed by atoms with van der Waals surface area (Å²) in [5, 5.41) is 40.9. The summed E-state index contributed by atoms with van der Waals surface area (Å²) in [5.74, 6) is 0.0705. The van der Waals surface area contributed by atoms with Crippen LogP contribution in [0.3, 0.4) is 0 Å². The Morgan fingerprint density at radius 2 is 1.74 bits per heavy atom. The highest BCUT2D eigenvalue weighted by Crippen LogP contribution is 2.37. The van der Waals surface area contributed by atoms with Gasteiger partial charge in [0.1, 0.15) is 11.8 Å². The van der Waals surface area contributed by atoms with Crippen LogP contribution in [-0.4, -0.2) is 29.5 Å². The summed E-state index contributed by atoms with van der Waals surface area (Å²) in [4.78, 5) is 0. The largest absolute Gasteiger partial charge is 0.504 e. The fourth-order valence-electron chi connectivity index (χ4n) is 2.28. The molecule has 0 saturated heterocycles. The molecule has 2 rings (SSSR count). The van der Waals surface area contributed by atoms with Gasteiger partial charge in [0.2, 0.25) is 5.75 Å². The number of nitrogens with zero attached hydrogens (tertiary/aromatic N) is 1. The highest BCUT2D eigenvalue weighted by molar-refractivity contribution is 5.62. The monoisotopic (exact) mass is 368 g/mol. The minimum absolute atomic E-state index is 0.0794. The molecule has 4 N–H and O–H groups in total. The van der Waals surface area contributed by atoms with Crippen LogP contribution in [0, 0.1) is 11.3 Å². The topological polar surface area (TPSA) is 115 Å². The zero-order valence-electron chi connectivity index (χ0n) is 14.9. The standard InChI is InChI=1S/C20H20N2O5/c1-26-18-9-13(10-19(27-2)20(18)25)4-3-5-15(11-21)22-12-14-6-7-16(23)17(24)8-14/h3-10,22-25H,12H2,1-2H3/b4-3+,15-5+. The van der Waals surface area contributed by atoms with Gasteiger partial charge in [0, 0.05) is 6.54 Å². The number of ether oxygens (including phenoxy) is 2. The summed E-state index contributed by atoms with van der Waals surface area (Å²) < 4.78 is 10.2. The molecule has 0 fully saturated rings. The van der Waals surface area contributed by atoms with Crippen LogP contribution < -0.4 is 14.8 Å². The second-order valence-electron chi connectivity index (χ2n) is 5.50. The normalized spacial score (nSPS) is 11.2. The summed E-state index contributed by atoms with van der Waals surface area (Å²) in [5.41, 5.74) is 1.75. The highest BCUT2D eigenvalue weighted by Gasteiger charge is 2.09. The van der Waals surface area contributed by atoms with E-state index in [9.17, 15) is 20.6 Å². The first-order valence-electron chi connectivity index (χ1n) is 7.96. The number of rotatable bonds is 7. The third-order valence-electron chi connectivity index (χ3n) is 3.70. The van der Waals surface area contributed by atoms with Gasteiger partial charge in [-0.15, -0.1) is 0 Å². The minimum atomic E-state index is -0.216. The van der Waals surface area contributed by atoms with Crippen molar-refractivity contribution in [3.05, 3.63) is 59.3 Å². The fourth-order valence-corrected chi connectivity index (χ4v) is 2.28. The van der Waals surface area contributed by atoms with Gasteiger partial charge in [0.15, 0.2) is 23.0 Å². The van der Waals surface area contributed by atoms with Crippen LogP contribution in [-0.2, 0) is 6.54 Å². The van der Waals surface area contributed by atoms with Gasteiger partial charge in [-0.2, -0.15) is 5.26 Å². The maximum Gasteiger partial charge on any atom is 0.200 e. The average Bonchev–Trinajstić information content (AvgIpc) is 2.68. The third kappa shape index (κ3) is 5.09. The molecule has 0 bridgehead atoms. The molecule has 140 valence electrons. The van der Waals surface area contributed by atoms with E-state index in [-0.39, 0.29) is 28.7 Å². The number of phenols is 3. The van der Waals surface area contributed by atoms with Crippen LogP contribution in [0.2, 0.25) is 0 Å². The predicted molar refractivity (Wildman–Crippen MR) is 101 cm³/mol. The van der Waals surface area contributed by atoms with Gasteiger partial charge in [-0.1, -0.05) is 18.2 Å². The van der Waals surface area contributed by atoms with Crippen molar-refractivity contribution in [2.45, 2.75) is 6.54 Å². The Morgan fingerprint density at radius 3 is 2.30 bits per heavy atom. The van der Waals surface area contributed by atoms with E-state index in [2.05, 4.69) is 5.32 Å². The first-order valence-corrected chi connectivity index (χ1v) is 7.96. The lowest BCUT2D eigenvalue weighted by molar-refractivity contribution is 0.340. The Kier molecular flexibility index (Phi) is 6.55. The number of aromatic hydroxyl groups is 3. The van der Waals surface area contributed by atoms with Gasteiger partial charge in [0.05, 0.1) is 14.2 Å².